The number of aryl methyl sites for hydroxylation is 1. The molecule has 0 N–H and O–H groups in total. The van der Waals surface area contributed by atoms with Gasteiger partial charge in [0.2, 0.25) is 0 Å². The van der Waals surface area contributed by atoms with Crippen molar-refractivity contribution in [1.82, 2.24) is 0 Å². The van der Waals surface area contributed by atoms with Crippen molar-refractivity contribution < 1.29 is 4.79 Å². The van der Waals surface area contributed by atoms with E-state index in [4.69, 9.17) is 0 Å². The molecule has 0 radical (unpaired) electrons. The van der Waals surface area contributed by atoms with Crippen LogP contribution in [-0.2, 0) is 24.1 Å². The molecule has 3 atom stereocenters. The van der Waals surface area contributed by atoms with E-state index >= 15 is 0 Å². The molecule has 2 bridgehead atoms. The fourth-order valence-corrected chi connectivity index (χ4v) is 4.65. The Morgan fingerprint density at radius 3 is 2.89 bits per heavy atom. The summed E-state index contributed by atoms with van der Waals surface area (Å²) in [5.74, 6) is 1.69. The fraction of sp³-hybridized carbons (Fsp3) is 0.500. The van der Waals surface area contributed by atoms with Crippen LogP contribution < -0.4 is 0 Å². The van der Waals surface area contributed by atoms with Crippen molar-refractivity contribution in [2.24, 2.45) is 17.3 Å². The van der Waals surface area contributed by atoms with E-state index in [0.29, 0.717) is 24.0 Å². The van der Waals surface area contributed by atoms with Crippen LogP contribution in [0.5, 0.6) is 0 Å². The molecule has 1 saturated carbocycles. The van der Waals surface area contributed by atoms with Crippen LogP contribution >= 0.6 is 0 Å². The molecule has 0 heterocycles. The molecule has 1 fully saturated rings. The molecule has 1 aromatic carbocycles. The normalized spacial score (nSPS) is 35.1. The van der Waals surface area contributed by atoms with Gasteiger partial charge in [-0.3, -0.25) is 4.79 Å². The number of ketones is 1. The van der Waals surface area contributed by atoms with Crippen molar-refractivity contribution in [3.05, 3.63) is 47.0 Å². The Hall–Kier alpha value is -1.37. The van der Waals surface area contributed by atoms with Crippen molar-refractivity contribution in [2.75, 3.05) is 0 Å². The SMILES string of the molecule is CCc1cccc2c1CC1(CC3C=CC1C3)C(=O)C2. The molecular weight excluding hydrogens is 232 g/mol. The third-order valence-electron chi connectivity index (χ3n) is 5.66. The van der Waals surface area contributed by atoms with Crippen molar-refractivity contribution in [1.29, 1.82) is 0 Å². The number of Topliss-reactive ketones (excluding diaryl/α,β-unsaturated/α-hetero) is 1. The second-order valence-electron chi connectivity index (χ2n) is 6.53. The topological polar surface area (TPSA) is 17.1 Å². The highest BCUT2D eigenvalue weighted by Gasteiger charge is 2.54. The van der Waals surface area contributed by atoms with E-state index in [1.165, 1.54) is 23.1 Å². The molecule has 3 aliphatic carbocycles. The van der Waals surface area contributed by atoms with Crippen molar-refractivity contribution >= 4 is 5.78 Å². The molecular formula is C18H20O. The van der Waals surface area contributed by atoms with E-state index in [1.807, 2.05) is 0 Å². The van der Waals surface area contributed by atoms with Crippen LogP contribution in [0.25, 0.3) is 0 Å². The average Bonchev–Trinajstić information content (AvgIpc) is 3.00. The summed E-state index contributed by atoms with van der Waals surface area (Å²) >= 11 is 0. The summed E-state index contributed by atoms with van der Waals surface area (Å²) in [6, 6.07) is 6.51. The van der Waals surface area contributed by atoms with Gasteiger partial charge in [-0.15, -0.1) is 0 Å². The summed E-state index contributed by atoms with van der Waals surface area (Å²) in [5, 5.41) is 0. The van der Waals surface area contributed by atoms with Crippen LogP contribution in [-0.4, -0.2) is 5.78 Å². The van der Waals surface area contributed by atoms with Gasteiger partial charge in [-0.05, 0) is 54.2 Å². The van der Waals surface area contributed by atoms with Crippen molar-refractivity contribution in [3.8, 4) is 0 Å². The van der Waals surface area contributed by atoms with Crippen molar-refractivity contribution in [3.63, 3.8) is 0 Å². The van der Waals surface area contributed by atoms with Crippen LogP contribution in [0.3, 0.4) is 0 Å². The Kier molecular flexibility index (Phi) is 2.30. The fourth-order valence-electron chi connectivity index (χ4n) is 4.65. The van der Waals surface area contributed by atoms with Crippen molar-refractivity contribution in [2.45, 2.75) is 39.0 Å². The van der Waals surface area contributed by atoms with Gasteiger partial charge in [-0.25, -0.2) is 0 Å². The third-order valence-corrected chi connectivity index (χ3v) is 5.66. The molecule has 19 heavy (non-hydrogen) atoms. The second-order valence-corrected chi connectivity index (χ2v) is 6.53. The Morgan fingerprint density at radius 2 is 2.21 bits per heavy atom. The van der Waals surface area contributed by atoms with Gasteiger partial charge in [0.15, 0.2) is 0 Å². The highest BCUT2D eigenvalue weighted by molar-refractivity contribution is 5.90. The molecule has 1 aromatic rings. The lowest BCUT2D eigenvalue weighted by molar-refractivity contribution is -0.130. The average molecular weight is 252 g/mol. The molecule has 1 nitrogen and oxygen atoms in total. The van der Waals surface area contributed by atoms with E-state index in [9.17, 15) is 4.79 Å². The zero-order valence-corrected chi connectivity index (χ0v) is 11.5. The van der Waals surface area contributed by atoms with E-state index < -0.39 is 0 Å². The Balaban J connectivity index is 1.82. The molecule has 0 amide bonds. The first kappa shape index (κ1) is 11.5. The quantitative estimate of drug-likeness (QED) is 0.699. The van der Waals surface area contributed by atoms with Gasteiger partial charge < -0.3 is 0 Å². The molecule has 1 spiro atoms. The van der Waals surface area contributed by atoms with E-state index in [1.54, 1.807) is 0 Å². The molecule has 0 aromatic heterocycles. The van der Waals surface area contributed by atoms with E-state index in [2.05, 4.69) is 37.3 Å². The maximum absolute atomic E-state index is 12.7. The molecule has 0 saturated heterocycles. The maximum Gasteiger partial charge on any atom is 0.144 e. The largest absolute Gasteiger partial charge is 0.299 e. The second kappa shape index (κ2) is 3.82. The number of fused-ring (bicyclic) bond motifs is 4. The number of hydrogen-bond acceptors (Lipinski definition) is 1. The molecule has 3 unspecified atom stereocenters. The number of allylic oxidation sites excluding steroid dienone is 2. The number of rotatable bonds is 1. The molecule has 1 heteroatoms. The van der Waals surface area contributed by atoms with Gasteiger partial charge in [-0.2, -0.15) is 0 Å². The lowest BCUT2D eigenvalue weighted by Crippen LogP contribution is -2.42. The lowest BCUT2D eigenvalue weighted by Gasteiger charge is -2.39. The Bertz CT molecular complexity index is 583. The lowest BCUT2D eigenvalue weighted by atomic mass is 9.63. The first-order chi connectivity index (χ1) is 9.23. The predicted molar refractivity (Wildman–Crippen MR) is 76.0 cm³/mol. The summed E-state index contributed by atoms with van der Waals surface area (Å²) in [7, 11) is 0. The third kappa shape index (κ3) is 1.45. The molecule has 3 aliphatic rings. The van der Waals surface area contributed by atoms with Crippen LogP contribution in [0.2, 0.25) is 0 Å². The number of carbonyl (C=O) groups is 1. The van der Waals surface area contributed by atoms with E-state index in [0.717, 1.165) is 19.3 Å². The van der Waals surface area contributed by atoms with Crippen LogP contribution in [0.4, 0.5) is 0 Å². The summed E-state index contributed by atoms with van der Waals surface area (Å²) < 4.78 is 0. The van der Waals surface area contributed by atoms with Crippen LogP contribution in [0.15, 0.2) is 30.4 Å². The van der Waals surface area contributed by atoms with Gasteiger partial charge in [0, 0.05) is 11.8 Å². The number of carbonyl (C=O) groups excluding carboxylic acids is 1. The van der Waals surface area contributed by atoms with Gasteiger partial charge in [0.05, 0.1) is 0 Å². The highest BCUT2D eigenvalue weighted by Crippen LogP contribution is 2.56. The minimum absolute atomic E-state index is 0.0440. The summed E-state index contributed by atoms with van der Waals surface area (Å²) in [6.45, 7) is 2.22. The minimum Gasteiger partial charge on any atom is -0.299 e. The maximum atomic E-state index is 12.7. The predicted octanol–water partition coefficient (Wildman–Crippen LogP) is 3.50. The Labute approximate surface area is 114 Å². The summed E-state index contributed by atoms with van der Waals surface area (Å²) in [5.41, 5.74) is 4.20. The van der Waals surface area contributed by atoms with Gasteiger partial charge in [0.25, 0.3) is 0 Å². The van der Waals surface area contributed by atoms with Gasteiger partial charge in [0.1, 0.15) is 5.78 Å². The van der Waals surface area contributed by atoms with Gasteiger partial charge in [-0.1, -0.05) is 37.3 Å². The summed E-state index contributed by atoms with van der Waals surface area (Å²) in [4.78, 5) is 12.7. The van der Waals surface area contributed by atoms with E-state index in [-0.39, 0.29) is 5.41 Å². The van der Waals surface area contributed by atoms with Gasteiger partial charge >= 0.3 is 0 Å². The molecule has 0 aliphatic heterocycles. The van der Waals surface area contributed by atoms with Crippen LogP contribution in [0.1, 0.15) is 36.5 Å². The molecule has 4 rings (SSSR count). The molecule has 98 valence electrons. The number of benzene rings is 1. The minimum atomic E-state index is -0.0440. The monoisotopic (exact) mass is 252 g/mol. The standard InChI is InChI=1S/C18H20O/c1-2-13-4-3-5-14-9-17(19)18(11-16(13)14)10-12-6-7-15(18)8-12/h3-7,12,15H,2,8-11H2,1H3. The highest BCUT2D eigenvalue weighted by atomic mass is 16.1. The smallest absolute Gasteiger partial charge is 0.144 e. The zero-order chi connectivity index (χ0) is 13.0. The Morgan fingerprint density at radius 1 is 1.32 bits per heavy atom. The van der Waals surface area contributed by atoms with Crippen LogP contribution in [0, 0.1) is 17.3 Å². The zero-order valence-electron chi connectivity index (χ0n) is 11.5. The first-order valence-electron chi connectivity index (χ1n) is 7.54. The first-order valence-corrected chi connectivity index (χ1v) is 7.54. The number of hydrogen-bond donors (Lipinski definition) is 0. The summed E-state index contributed by atoms with van der Waals surface area (Å²) in [6.07, 6.45) is 9.73.